The Kier molecular flexibility index (Phi) is 7.06. The monoisotopic (exact) mass is 372 g/mol. The van der Waals surface area contributed by atoms with E-state index in [0.717, 1.165) is 15.6 Å². The molecule has 20 heavy (non-hydrogen) atoms. The maximum atomic E-state index is 7.96. The van der Waals surface area contributed by atoms with Crippen molar-refractivity contribution in [3.05, 3.63) is 69.2 Å². The van der Waals surface area contributed by atoms with Gasteiger partial charge in [-0.3, -0.25) is 5.41 Å². The molecule has 2 aromatic rings. The number of amidine groups is 1. The van der Waals surface area contributed by atoms with E-state index < -0.39 is 0 Å². The van der Waals surface area contributed by atoms with Crippen LogP contribution in [0.2, 0.25) is 5.02 Å². The van der Waals surface area contributed by atoms with Crippen LogP contribution in [0.4, 0.5) is 0 Å². The predicted octanol–water partition coefficient (Wildman–Crippen LogP) is 4.83. The highest BCUT2D eigenvalue weighted by Crippen LogP contribution is 2.17. The molecule has 0 aromatic heterocycles. The number of hydrogen-bond acceptors (Lipinski definition) is 1. The van der Waals surface area contributed by atoms with Gasteiger partial charge in [0, 0.05) is 22.5 Å². The molecule has 0 aliphatic carbocycles. The van der Waals surface area contributed by atoms with E-state index in [0.29, 0.717) is 23.8 Å². The summed E-state index contributed by atoms with van der Waals surface area (Å²) in [6, 6.07) is 15.6. The first kappa shape index (κ1) is 17.0. The molecule has 106 valence electrons. The summed E-state index contributed by atoms with van der Waals surface area (Å²) in [7, 11) is 0. The van der Waals surface area contributed by atoms with Crippen molar-refractivity contribution in [3.63, 3.8) is 0 Å². The smallest absolute Gasteiger partial charge is 0.0979 e. The van der Waals surface area contributed by atoms with Gasteiger partial charge in [-0.1, -0.05) is 63.9 Å². The molecule has 0 atom stereocenters. The summed E-state index contributed by atoms with van der Waals surface area (Å²) in [4.78, 5) is 0. The Morgan fingerprint density at radius 3 is 2.30 bits per heavy atom. The minimum absolute atomic E-state index is 0. The highest BCUT2D eigenvalue weighted by molar-refractivity contribution is 9.10. The van der Waals surface area contributed by atoms with Crippen LogP contribution >= 0.6 is 39.9 Å². The van der Waals surface area contributed by atoms with Crippen LogP contribution in [-0.2, 0) is 13.0 Å². The zero-order valence-electron chi connectivity index (χ0n) is 10.7. The SMILES string of the molecule is Cl.N=C(Cc1ccccc1Cl)NCc1ccccc1Br. The summed E-state index contributed by atoms with van der Waals surface area (Å²) in [6.07, 6.45) is 0.518. The summed E-state index contributed by atoms with van der Waals surface area (Å²) in [5.41, 5.74) is 2.10. The van der Waals surface area contributed by atoms with Gasteiger partial charge in [0.2, 0.25) is 0 Å². The number of halogens is 3. The predicted molar refractivity (Wildman–Crippen MR) is 91.1 cm³/mol. The van der Waals surface area contributed by atoms with E-state index in [-0.39, 0.29) is 12.4 Å². The Bertz CT molecular complexity index is 588. The van der Waals surface area contributed by atoms with E-state index in [1.807, 2.05) is 48.5 Å². The van der Waals surface area contributed by atoms with Crippen molar-refractivity contribution >= 4 is 45.8 Å². The molecule has 2 nitrogen and oxygen atoms in total. The highest BCUT2D eigenvalue weighted by atomic mass is 79.9. The number of benzene rings is 2. The summed E-state index contributed by atoms with van der Waals surface area (Å²) in [6.45, 7) is 0.630. The van der Waals surface area contributed by atoms with Gasteiger partial charge < -0.3 is 5.32 Å². The van der Waals surface area contributed by atoms with E-state index in [2.05, 4.69) is 21.2 Å². The highest BCUT2D eigenvalue weighted by Gasteiger charge is 2.04. The molecule has 2 aromatic carbocycles. The van der Waals surface area contributed by atoms with Gasteiger partial charge >= 0.3 is 0 Å². The van der Waals surface area contributed by atoms with Crippen LogP contribution in [0.25, 0.3) is 0 Å². The molecular formula is C15H15BrCl2N2. The van der Waals surface area contributed by atoms with Crippen molar-refractivity contribution < 1.29 is 0 Å². The zero-order chi connectivity index (χ0) is 13.7. The minimum Gasteiger partial charge on any atom is -0.370 e. The van der Waals surface area contributed by atoms with Crippen molar-refractivity contribution in [2.75, 3.05) is 0 Å². The molecule has 0 saturated carbocycles. The molecule has 0 aliphatic heterocycles. The van der Waals surface area contributed by atoms with Crippen molar-refractivity contribution in [1.82, 2.24) is 5.32 Å². The Morgan fingerprint density at radius 1 is 1.05 bits per heavy atom. The molecule has 5 heteroatoms. The zero-order valence-corrected chi connectivity index (χ0v) is 13.9. The minimum atomic E-state index is 0. The van der Waals surface area contributed by atoms with E-state index in [1.54, 1.807) is 0 Å². The Morgan fingerprint density at radius 2 is 1.65 bits per heavy atom. The van der Waals surface area contributed by atoms with Gasteiger partial charge in [-0.2, -0.15) is 0 Å². The molecule has 0 fully saturated rings. The standard InChI is InChI=1S/C15H14BrClN2.ClH/c16-13-7-3-1-6-12(13)10-19-15(18)9-11-5-2-4-8-14(11)17;/h1-8H,9-10H2,(H2,18,19);1H. The fraction of sp³-hybridized carbons (Fsp3) is 0.133. The van der Waals surface area contributed by atoms with Crippen LogP contribution in [0.5, 0.6) is 0 Å². The first-order valence-corrected chi connectivity index (χ1v) is 7.12. The van der Waals surface area contributed by atoms with Crippen LogP contribution in [0, 0.1) is 5.41 Å². The molecule has 0 aliphatic rings. The van der Waals surface area contributed by atoms with Gasteiger partial charge in [0.15, 0.2) is 0 Å². The second-order valence-electron chi connectivity index (χ2n) is 4.19. The van der Waals surface area contributed by atoms with Crippen molar-refractivity contribution in [2.24, 2.45) is 0 Å². The summed E-state index contributed by atoms with van der Waals surface area (Å²) < 4.78 is 1.05. The molecular weight excluding hydrogens is 359 g/mol. The molecule has 0 radical (unpaired) electrons. The van der Waals surface area contributed by atoms with E-state index in [4.69, 9.17) is 17.0 Å². The summed E-state index contributed by atoms with van der Waals surface area (Å²) >= 11 is 9.57. The van der Waals surface area contributed by atoms with Gasteiger partial charge in [-0.05, 0) is 23.3 Å². The maximum absolute atomic E-state index is 7.96. The average molecular weight is 374 g/mol. The lowest BCUT2D eigenvalue weighted by Gasteiger charge is -2.10. The molecule has 0 unspecified atom stereocenters. The third-order valence-electron chi connectivity index (χ3n) is 2.78. The van der Waals surface area contributed by atoms with Crippen LogP contribution in [0.1, 0.15) is 11.1 Å². The first-order valence-electron chi connectivity index (χ1n) is 5.95. The van der Waals surface area contributed by atoms with E-state index in [1.165, 1.54) is 0 Å². The third kappa shape index (κ3) is 4.82. The topological polar surface area (TPSA) is 35.9 Å². The molecule has 0 spiro atoms. The van der Waals surface area contributed by atoms with Gasteiger partial charge in [-0.15, -0.1) is 12.4 Å². The lowest BCUT2D eigenvalue weighted by Crippen LogP contribution is -2.24. The Hall–Kier alpha value is -1.03. The summed E-state index contributed by atoms with van der Waals surface area (Å²) in [5, 5.41) is 11.8. The molecule has 0 saturated heterocycles. The fourth-order valence-electron chi connectivity index (χ4n) is 1.74. The molecule has 0 bridgehead atoms. The van der Waals surface area contributed by atoms with Crippen molar-refractivity contribution in [2.45, 2.75) is 13.0 Å². The van der Waals surface area contributed by atoms with Crippen LogP contribution in [0.15, 0.2) is 53.0 Å². The van der Waals surface area contributed by atoms with Gasteiger partial charge in [0.05, 0.1) is 5.84 Å². The quantitative estimate of drug-likeness (QED) is 0.584. The lowest BCUT2D eigenvalue weighted by molar-refractivity contribution is 0.882. The normalized spacial score (nSPS) is 9.70. The third-order valence-corrected chi connectivity index (χ3v) is 3.92. The van der Waals surface area contributed by atoms with E-state index >= 15 is 0 Å². The number of rotatable bonds is 4. The maximum Gasteiger partial charge on any atom is 0.0979 e. The fourth-order valence-corrected chi connectivity index (χ4v) is 2.37. The van der Waals surface area contributed by atoms with Crippen LogP contribution < -0.4 is 5.32 Å². The largest absolute Gasteiger partial charge is 0.370 e. The average Bonchev–Trinajstić information content (AvgIpc) is 2.40. The second-order valence-corrected chi connectivity index (χ2v) is 5.45. The Labute approximate surface area is 138 Å². The van der Waals surface area contributed by atoms with Crippen LogP contribution in [-0.4, -0.2) is 5.84 Å². The molecule has 2 N–H and O–H groups in total. The lowest BCUT2D eigenvalue weighted by atomic mass is 10.1. The summed E-state index contributed by atoms with van der Waals surface area (Å²) in [5.74, 6) is 0.462. The molecule has 2 rings (SSSR count). The first-order chi connectivity index (χ1) is 9.16. The van der Waals surface area contributed by atoms with Crippen LogP contribution in [0.3, 0.4) is 0 Å². The van der Waals surface area contributed by atoms with Gasteiger partial charge in [-0.25, -0.2) is 0 Å². The van der Waals surface area contributed by atoms with Gasteiger partial charge in [0.1, 0.15) is 0 Å². The number of nitrogens with one attached hydrogen (secondary N) is 2. The van der Waals surface area contributed by atoms with E-state index in [9.17, 15) is 0 Å². The van der Waals surface area contributed by atoms with Gasteiger partial charge in [0.25, 0.3) is 0 Å². The van der Waals surface area contributed by atoms with Crippen molar-refractivity contribution in [1.29, 1.82) is 5.41 Å². The van der Waals surface area contributed by atoms with Crippen molar-refractivity contribution in [3.8, 4) is 0 Å². The molecule has 0 heterocycles. The molecule has 0 amide bonds. The Balaban J connectivity index is 0.00000200. The number of hydrogen-bond donors (Lipinski definition) is 2. The second kappa shape index (κ2) is 8.30.